The molecular weight excluding hydrogens is 624 g/mol. The first-order valence-electron chi connectivity index (χ1n) is 14.7. The van der Waals surface area contributed by atoms with Gasteiger partial charge in [-0.1, -0.05) is 65.4 Å². The van der Waals surface area contributed by atoms with E-state index in [-0.39, 0.29) is 44.2 Å². The normalized spacial score (nSPS) is 17.3. The van der Waals surface area contributed by atoms with Gasteiger partial charge in [-0.3, -0.25) is 4.79 Å². The molecule has 1 aliphatic heterocycles. The van der Waals surface area contributed by atoms with Gasteiger partial charge in [-0.2, -0.15) is 0 Å². The minimum absolute atomic E-state index is 0.0856. The second-order valence-electron chi connectivity index (χ2n) is 11.1. The number of rotatable bonds is 16. The van der Waals surface area contributed by atoms with Crippen LogP contribution in [0.15, 0.2) is 43.5 Å². The average molecular weight is 666 g/mol. The number of cyclic esters (lactones) is 1. The van der Waals surface area contributed by atoms with Gasteiger partial charge in [0, 0.05) is 41.5 Å². The molecule has 1 unspecified atom stereocenters. The van der Waals surface area contributed by atoms with Gasteiger partial charge in [0.15, 0.2) is 5.60 Å². The van der Waals surface area contributed by atoms with Crippen LogP contribution in [0.1, 0.15) is 84.1 Å². The van der Waals surface area contributed by atoms with Crippen molar-refractivity contribution in [3.8, 4) is 5.75 Å². The number of halogens is 1. The van der Waals surface area contributed by atoms with Gasteiger partial charge in [-0.25, -0.2) is 14.4 Å². The fraction of sp³-hybridized carbons (Fsp3) is 0.562. The lowest BCUT2D eigenvalue weighted by Gasteiger charge is -2.26. The fourth-order valence-corrected chi connectivity index (χ4v) is 5.34. The summed E-state index contributed by atoms with van der Waals surface area (Å²) in [5, 5.41) is 0.539. The maximum Gasteiger partial charge on any atom is 0.508 e. The summed E-state index contributed by atoms with van der Waals surface area (Å²) in [6.07, 6.45) is 8.61. The third kappa shape index (κ3) is 10.4. The van der Waals surface area contributed by atoms with Crippen LogP contribution < -0.4 is 10.4 Å². The van der Waals surface area contributed by atoms with E-state index in [1.807, 2.05) is 13.8 Å². The van der Waals surface area contributed by atoms with Crippen molar-refractivity contribution in [2.75, 3.05) is 20.3 Å². The molecule has 1 fully saturated rings. The number of hydrogen-bond acceptors (Lipinski definition) is 10. The summed E-state index contributed by atoms with van der Waals surface area (Å²) < 4.78 is 32.9. The highest BCUT2D eigenvalue weighted by atomic mass is 79.9. The van der Waals surface area contributed by atoms with E-state index in [0.29, 0.717) is 26.7 Å². The van der Waals surface area contributed by atoms with Crippen LogP contribution in [0.4, 0.5) is 4.79 Å². The molecule has 1 atom stereocenters. The number of fused-ring (bicyclic) bond motifs is 1. The molecule has 0 aliphatic carbocycles. The molecule has 3 rings (SSSR count). The maximum absolute atomic E-state index is 12.6. The molecule has 0 spiro atoms. The smallest absolute Gasteiger partial charge is 0.495 e. The van der Waals surface area contributed by atoms with E-state index in [0.717, 1.165) is 25.7 Å². The van der Waals surface area contributed by atoms with Crippen molar-refractivity contribution in [2.45, 2.75) is 90.8 Å². The number of ether oxygens (including phenoxy) is 5. The molecule has 0 saturated carbocycles. The highest BCUT2D eigenvalue weighted by Gasteiger charge is 2.46. The Balaban J connectivity index is 1.60. The van der Waals surface area contributed by atoms with E-state index in [2.05, 4.69) is 22.9 Å². The summed E-state index contributed by atoms with van der Waals surface area (Å²) in [5.74, 6) is -0.385. The molecule has 0 bridgehead atoms. The fourth-order valence-electron chi connectivity index (χ4n) is 4.83. The number of hydrogen-bond donors (Lipinski definition) is 0. The van der Waals surface area contributed by atoms with Crippen LogP contribution in [0, 0.1) is 5.92 Å². The van der Waals surface area contributed by atoms with E-state index in [9.17, 15) is 19.2 Å². The Morgan fingerprint density at radius 3 is 2.40 bits per heavy atom. The average Bonchev–Trinajstić information content (AvgIpc) is 3.27. The lowest BCUT2D eigenvalue weighted by molar-refractivity contribution is -0.167. The van der Waals surface area contributed by atoms with Crippen molar-refractivity contribution in [3.63, 3.8) is 0 Å². The van der Waals surface area contributed by atoms with Crippen molar-refractivity contribution >= 4 is 45.0 Å². The minimum Gasteiger partial charge on any atom is -0.495 e. The number of carbonyl (C=O) groups is 3. The van der Waals surface area contributed by atoms with Gasteiger partial charge in [0.25, 0.3) is 0 Å². The maximum atomic E-state index is 12.6. The lowest BCUT2D eigenvalue weighted by Crippen LogP contribution is -2.41. The van der Waals surface area contributed by atoms with Gasteiger partial charge >= 0.3 is 23.7 Å². The van der Waals surface area contributed by atoms with Crippen molar-refractivity contribution < 1.29 is 42.5 Å². The summed E-state index contributed by atoms with van der Waals surface area (Å²) in [5.41, 5.74) is -0.898. The van der Waals surface area contributed by atoms with Crippen LogP contribution in [0.3, 0.4) is 0 Å². The molecule has 43 heavy (non-hydrogen) atoms. The predicted molar refractivity (Wildman–Crippen MR) is 163 cm³/mol. The molecule has 2 aromatic rings. The number of allylic oxidation sites excluding steroid dienone is 1. The number of carbonyl (C=O) groups excluding carboxylic acids is 3. The Kier molecular flexibility index (Phi) is 13.1. The standard InChI is InChI=1S/C32H41BrO10/c1-5-6-7-8-9-10-11-12-28(34)40-19-32(17-22(13-21(2)3)30(36)43-32)20-41-31(37)39-18-23-14-29(35)42-26-16-27(38-4)25(33)15-24(23)26/h13-16,21H,5-12,17-20H2,1-4H3/b22-13-. The summed E-state index contributed by atoms with van der Waals surface area (Å²) in [6, 6.07) is 4.47. The molecule has 1 aliphatic rings. The van der Waals surface area contributed by atoms with Gasteiger partial charge in [-0.05, 0) is 34.3 Å². The number of unbranched alkanes of at least 4 members (excludes halogenated alkanes) is 6. The van der Waals surface area contributed by atoms with Gasteiger partial charge in [-0.15, -0.1) is 0 Å². The topological polar surface area (TPSA) is 128 Å². The third-order valence-corrected chi connectivity index (χ3v) is 7.62. The molecule has 0 amide bonds. The Hall–Kier alpha value is -3.34. The van der Waals surface area contributed by atoms with Crippen molar-refractivity contribution in [1.29, 1.82) is 0 Å². The molecule has 1 aromatic carbocycles. The quantitative estimate of drug-likeness (QED) is 0.0599. The predicted octanol–water partition coefficient (Wildman–Crippen LogP) is 7.17. The summed E-state index contributed by atoms with van der Waals surface area (Å²) in [7, 11) is 1.49. The molecule has 236 valence electrons. The molecule has 0 radical (unpaired) electrons. The Morgan fingerprint density at radius 2 is 1.70 bits per heavy atom. The number of esters is 2. The van der Waals surface area contributed by atoms with Gasteiger partial charge < -0.3 is 28.1 Å². The second kappa shape index (κ2) is 16.5. The van der Waals surface area contributed by atoms with Crippen LogP contribution in [0.25, 0.3) is 11.0 Å². The minimum atomic E-state index is -1.37. The number of methoxy groups -OCH3 is 1. The summed E-state index contributed by atoms with van der Waals surface area (Å²) in [4.78, 5) is 49.8. The summed E-state index contributed by atoms with van der Waals surface area (Å²) in [6.45, 7) is 5.12. The Morgan fingerprint density at radius 1 is 1.00 bits per heavy atom. The largest absolute Gasteiger partial charge is 0.508 e. The highest BCUT2D eigenvalue weighted by Crippen LogP contribution is 2.34. The Bertz CT molecular complexity index is 1360. The zero-order valence-electron chi connectivity index (χ0n) is 25.3. The highest BCUT2D eigenvalue weighted by molar-refractivity contribution is 9.10. The van der Waals surface area contributed by atoms with E-state index in [4.69, 9.17) is 28.1 Å². The van der Waals surface area contributed by atoms with Gasteiger partial charge in [0.2, 0.25) is 0 Å². The lowest BCUT2D eigenvalue weighted by atomic mass is 9.97. The van der Waals surface area contributed by atoms with Gasteiger partial charge in [0.1, 0.15) is 31.2 Å². The van der Waals surface area contributed by atoms with Crippen LogP contribution in [0.5, 0.6) is 5.75 Å². The van der Waals surface area contributed by atoms with Crippen LogP contribution in [0.2, 0.25) is 0 Å². The molecule has 2 heterocycles. The second-order valence-corrected chi connectivity index (χ2v) is 12.0. The van der Waals surface area contributed by atoms with Crippen LogP contribution in [-0.2, 0) is 35.1 Å². The van der Waals surface area contributed by atoms with Gasteiger partial charge in [0.05, 0.1) is 11.6 Å². The summed E-state index contributed by atoms with van der Waals surface area (Å²) >= 11 is 3.40. The van der Waals surface area contributed by atoms with Crippen LogP contribution >= 0.6 is 15.9 Å². The molecular formula is C32H41BrO10. The van der Waals surface area contributed by atoms with E-state index < -0.39 is 29.3 Å². The zero-order chi connectivity index (χ0) is 31.4. The third-order valence-electron chi connectivity index (χ3n) is 7.00. The molecule has 1 saturated heterocycles. The van der Waals surface area contributed by atoms with Crippen LogP contribution in [-0.4, -0.2) is 44.0 Å². The van der Waals surface area contributed by atoms with Crippen molar-refractivity contribution in [2.24, 2.45) is 5.92 Å². The molecule has 1 aromatic heterocycles. The first-order valence-corrected chi connectivity index (χ1v) is 15.5. The molecule has 11 heteroatoms. The first-order chi connectivity index (χ1) is 20.6. The van der Waals surface area contributed by atoms with E-state index >= 15 is 0 Å². The zero-order valence-corrected chi connectivity index (χ0v) is 26.9. The SMILES string of the molecule is CCCCCCCCCC(=O)OCC1(COC(=O)OCc2cc(=O)oc3cc(OC)c(Br)cc23)C/C(=C/C(C)C)C(=O)O1. The monoisotopic (exact) mass is 664 g/mol. The van der Waals surface area contributed by atoms with Crippen molar-refractivity contribution in [3.05, 3.63) is 50.3 Å². The molecule has 10 nitrogen and oxygen atoms in total. The van der Waals surface area contributed by atoms with E-state index in [1.165, 1.54) is 32.4 Å². The Labute approximate surface area is 260 Å². The number of benzene rings is 1. The molecule has 0 N–H and O–H groups in total. The van der Waals surface area contributed by atoms with Crippen molar-refractivity contribution in [1.82, 2.24) is 0 Å². The first kappa shape index (κ1) is 34.2. The van der Waals surface area contributed by atoms with E-state index in [1.54, 1.807) is 18.2 Å².